The van der Waals surface area contributed by atoms with Gasteiger partial charge in [-0.05, 0) is 12.0 Å². The van der Waals surface area contributed by atoms with Crippen LogP contribution in [0, 0.1) is 0 Å². The number of rotatable bonds is 7. The van der Waals surface area contributed by atoms with Gasteiger partial charge in [-0.15, -0.1) is 0 Å². The number of aryl methyl sites for hydroxylation is 1. The number of aliphatic imine (C=N–C) groups is 1. The molecule has 1 N–H and O–H groups in total. The molecule has 1 aromatic heterocycles. The van der Waals surface area contributed by atoms with E-state index in [1.54, 1.807) is 19.0 Å². The van der Waals surface area contributed by atoms with Crippen LogP contribution >= 0.6 is 11.5 Å². The number of nitrogens with zero attached hydrogens (tertiary/aromatic N) is 6. The van der Waals surface area contributed by atoms with Crippen molar-refractivity contribution >= 4 is 28.5 Å². The van der Waals surface area contributed by atoms with Crippen molar-refractivity contribution in [2.75, 3.05) is 58.3 Å². The van der Waals surface area contributed by atoms with E-state index in [-0.39, 0.29) is 12.5 Å². The van der Waals surface area contributed by atoms with Crippen molar-refractivity contribution in [2.24, 2.45) is 4.99 Å². The third kappa shape index (κ3) is 6.16. The Morgan fingerprint density at radius 3 is 2.57 bits per heavy atom. The minimum atomic E-state index is -0.00282. The van der Waals surface area contributed by atoms with Crippen LogP contribution in [0.5, 0.6) is 0 Å². The molecule has 0 radical (unpaired) electrons. The fraction of sp³-hybridized carbons (Fsp3) is 0.524. The van der Waals surface area contributed by atoms with Crippen LogP contribution in [0.2, 0.25) is 0 Å². The van der Waals surface area contributed by atoms with Crippen molar-refractivity contribution in [3.63, 3.8) is 0 Å². The summed E-state index contributed by atoms with van der Waals surface area (Å²) in [5.74, 6) is 1.70. The largest absolute Gasteiger partial charge is 0.356 e. The molecule has 1 amide bonds. The van der Waals surface area contributed by atoms with E-state index in [0.717, 1.165) is 62.5 Å². The summed E-state index contributed by atoms with van der Waals surface area (Å²) in [6.45, 7) is 6.37. The minimum Gasteiger partial charge on any atom is -0.356 e. The Bertz CT molecular complexity index is 829. The molecule has 1 aromatic carbocycles. The van der Waals surface area contributed by atoms with Crippen LogP contribution < -0.4 is 10.2 Å². The summed E-state index contributed by atoms with van der Waals surface area (Å²) >= 11 is 1.47. The van der Waals surface area contributed by atoms with Crippen LogP contribution in [0.3, 0.4) is 0 Å². The molecule has 9 heteroatoms. The van der Waals surface area contributed by atoms with E-state index >= 15 is 0 Å². The molecule has 30 heavy (non-hydrogen) atoms. The van der Waals surface area contributed by atoms with Gasteiger partial charge in [0, 0.05) is 64.8 Å². The molecule has 3 rings (SSSR count). The SMILES string of the molecule is CCc1nsc(N2CCN(C(=NCC(=O)N(C)C)NCCc3ccccc3)CC2)n1. The minimum absolute atomic E-state index is 0.00282. The average Bonchev–Trinajstić information content (AvgIpc) is 3.26. The van der Waals surface area contributed by atoms with Gasteiger partial charge in [0.1, 0.15) is 12.4 Å². The number of aromatic nitrogens is 2. The lowest BCUT2D eigenvalue weighted by Crippen LogP contribution is -2.53. The van der Waals surface area contributed by atoms with Gasteiger partial charge in [-0.2, -0.15) is 4.37 Å². The van der Waals surface area contributed by atoms with E-state index in [2.05, 4.69) is 60.7 Å². The van der Waals surface area contributed by atoms with Crippen molar-refractivity contribution in [3.8, 4) is 0 Å². The monoisotopic (exact) mass is 429 g/mol. The molecule has 0 saturated carbocycles. The van der Waals surface area contributed by atoms with Crippen molar-refractivity contribution in [1.29, 1.82) is 0 Å². The Morgan fingerprint density at radius 2 is 1.93 bits per heavy atom. The molecule has 1 aliphatic heterocycles. The highest BCUT2D eigenvalue weighted by atomic mass is 32.1. The summed E-state index contributed by atoms with van der Waals surface area (Å²) in [4.78, 5) is 27.3. The van der Waals surface area contributed by atoms with Crippen LogP contribution in [-0.4, -0.2) is 84.4 Å². The van der Waals surface area contributed by atoms with Crippen LogP contribution in [-0.2, 0) is 17.6 Å². The first-order valence-electron chi connectivity index (χ1n) is 10.4. The van der Waals surface area contributed by atoms with Crippen molar-refractivity contribution in [3.05, 3.63) is 41.7 Å². The number of piperazine rings is 1. The van der Waals surface area contributed by atoms with Gasteiger partial charge in [-0.3, -0.25) is 4.79 Å². The number of amides is 1. The zero-order valence-corrected chi connectivity index (χ0v) is 18.9. The summed E-state index contributed by atoms with van der Waals surface area (Å²) < 4.78 is 4.40. The first kappa shape index (κ1) is 22.0. The van der Waals surface area contributed by atoms with Crippen LogP contribution in [0.15, 0.2) is 35.3 Å². The van der Waals surface area contributed by atoms with Crippen molar-refractivity contribution in [2.45, 2.75) is 19.8 Å². The quantitative estimate of drug-likeness (QED) is 0.531. The summed E-state index contributed by atoms with van der Waals surface area (Å²) in [5, 5.41) is 4.45. The lowest BCUT2D eigenvalue weighted by atomic mass is 10.1. The number of hydrogen-bond donors (Lipinski definition) is 1. The highest BCUT2D eigenvalue weighted by molar-refractivity contribution is 7.09. The maximum absolute atomic E-state index is 12.0. The highest BCUT2D eigenvalue weighted by Gasteiger charge is 2.22. The Hall–Kier alpha value is -2.68. The third-order valence-electron chi connectivity index (χ3n) is 5.03. The predicted octanol–water partition coefficient (Wildman–Crippen LogP) is 1.50. The first-order valence-corrected chi connectivity index (χ1v) is 11.2. The first-order chi connectivity index (χ1) is 14.6. The summed E-state index contributed by atoms with van der Waals surface area (Å²) in [7, 11) is 3.51. The van der Waals surface area contributed by atoms with Gasteiger partial charge in [-0.25, -0.2) is 9.98 Å². The van der Waals surface area contributed by atoms with Crippen molar-refractivity contribution in [1.82, 2.24) is 24.5 Å². The van der Waals surface area contributed by atoms with E-state index < -0.39 is 0 Å². The molecule has 0 spiro atoms. The summed E-state index contributed by atoms with van der Waals surface area (Å²) in [6, 6.07) is 10.4. The van der Waals surface area contributed by atoms with E-state index in [1.165, 1.54) is 17.1 Å². The van der Waals surface area contributed by atoms with Gasteiger partial charge in [0.05, 0.1) is 0 Å². The van der Waals surface area contributed by atoms with E-state index in [4.69, 9.17) is 0 Å². The second-order valence-corrected chi connectivity index (χ2v) is 8.14. The van der Waals surface area contributed by atoms with E-state index in [0.29, 0.717) is 0 Å². The molecule has 1 fully saturated rings. The molecule has 0 aliphatic carbocycles. The molecule has 0 unspecified atom stereocenters. The topological polar surface area (TPSA) is 77.0 Å². The van der Waals surface area contributed by atoms with Crippen LogP contribution in [0.1, 0.15) is 18.3 Å². The molecule has 0 bridgehead atoms. The van der Waals surface area contributed by atoms with E-state index in [1.807, 2.05) is 6.07 Å². The Kier molecular flexibility index (Phi) is 8.01. The number of guanidine groups is 1. The number of carbonyl (C=O) groups excluding carboxylic acids is 1. The molecular weight excluding hydrogens is 398 g/mol. The van der Waals surface area contributed by atoms with Gasteiger partial charge in [0.15, 0.2) is 5.96 Å². The maximum Gasteiger partial charge on any atom is 0.243 e. The average molecular weight is 430 g/mol. The lowest BCUT2D eigenvalue weighted by molar-refractivity contribution is -0.127. The number of hydrogen-bond acceptors (Lipinski definition) is 6. The number of nitrogens with one attached hydrogen (secondary N) is 1. The Morgan fingerprint density at radius 1 is 1.20 bits per heavy atom. The zero-order valence-electron chi connectivity index (χ0n) is 18.0. The molecule has 1 aliphatic rings. The fourth-order valence-corrected chi connectivity index (χ4v) is 3.94. The van der Waals surface area contributed by atoms with Gasteiger partial charge >= 0.3 is 0 Å². The molecule has 1 saturated heterocycles. The molecule has 2 heterocycles. The standard InChI is InChI=1S/C21H31N7OS/c1-4-18-24-21(30-25-18)28-14-12-27(13-15-28)20(23-16-19(29)26(2)3)22-11-10-17-8-6-5-7-9-17/h5-9H,4,10-16H2,1-3H3,(H,22,23). The zero-order chi connectivity index (χ0) is 21.3. The smallest absolute Gasteiger partial charge is 0.243 e. The van der Waals surface area contributed by atoms with Gasteiger partial charge < -0.3 is 20.0 Å². The number of carbonyl (C=O) groups is 1. The number of anilines is 1. The van der Waals surface area contributed by atoms with E-state index in [9.17, 15) is 4.79 Å². The van der Waals surface area contributed by atoms with Crippen LogP contribution in [0.25, 0.3) is 0 Å². The molecule has 162 valence electrons. The summed E-state index contributed by atoms with van der Waals surface area (Å²) in [6.07, 6.45) is 1.77. The molecular formula is C21H31N7OS. The maximum atomic E-state index is 12.0. The second-order valence-electron chi connectivity index (χ2n) is 7.41. The highest BCUT2D eigenvalue weighted by Crippen LogP contribution is 2.19. The predicted molar refractivity (Wildman–Crippen MR) is 122 cm³/mol. The molecule has 8 nitrogen and oxygen atoms in total. The third-order valence-corrected chi connectivity index (χ3v) is 5.84. The Labute approximate surface area is 182 Å². The van der Waals surface area contributed by atoms with Gasteiger partial charge in [-0.1, -0.05) is 37.3 Å². The lowest BCUT2D eigenvalue weighted by Gasteiger charge is -2.36. The fourth-order valence-electron chi connectivity index (χ4n) is 3.14. The second kappa shape index (κ2) is 10.9. The summed E-state index contributed by atoms with van der Waals surface area (Å²) in [5.41, 5.74) is 1.28. The van der Waals surface area contributed by atoms with Gasteiger partial charge in [0.2, 0.25) is 11.0 Å². The number of likely N-dealkylation sites (N-methyl/N-ethyl adjacent to an activating group) is 1. The molecule has 2 aromatic rings. The normalized spacial score (nSPS) is 14.7. The molecule has 0 atom stereocenters. The van der Waals surface area contributed by atoms with Crippen LogP contribution in [0.4, 0.5) is 5.13 Å². The Balaban J connectivity index is 1.59. The van der Waals surface area contributed by atoms with Crippen molar-refractivity contribution < 1.29 is 4.79 Å². The van der Waals surface area contributed by atoms with Gasteiger partial charge in [0.25, 0.3) is 0 Å². The number of benzene rings is 1.